The van der Waals surface area contributed by atoms with Crippen LogP contribution in [0.2, 0.25) is 0 Å². The summed E-state index contributed by atoms with van der Waals surface area (Å²) in [6.45, 7) is 2.59. The Kier molecular flexibility index (Phi) is 2.79. The van der Waals surface area contributed by atoms with Crippen molar-refractivity contribution in [2.75, 3.05) is 11.9 Å². The topological polar surface area (TPSA) is 38.3 Å². The van der Waals surface area contributed by atoms with Gasteiger partial charge in [0.15, 0.2) is 5.60 Å². The number of nitrogens with one attached hydrogen (secondary N) is 1. The van der Waals surface area contributed by atoms with Gasteiger partial charge in [-0.2, -0.15) is 0 Å². The number of rotatable bonds is 0. The number of hydrogen-bond acceptors (Lipinski definition) is 2. The Balaban J connectivity index is 2.23. The first kappa shape index (κ1) is 11.9. The van der Waals surface area contributed by atoms with E-state index in [2.05, 4.69) is 33.4 Å². The molecule has 3 nitrogen and oxygen atoms in total. The molecule has 3 rings (SSSR count). The van der Waals surface area contributed by atoms with Crippen molar-refractivity contribution in [1.29, 1.82) is 0 Å². The number of anilines is 1. The molecule has 2 heterocycles. The molecule has 1 spiro atoms. The van der Waals surface area contributed by atoms with Crippen molar-refractivity contribution in [3.63, 3.8) is 0 Å². The second kappa shape index (κ2) is 4.21. The molecule has 1 amide bonds. The number of fused-ring (bicyclic) bond motifs is 2. The molecule has 0 radical (unpaired) electrons. The van der Waals surface area contributed by atoms with Crippen LogP contribution in [-0.4, -0.2) is 12.5 Å². The van der Waals surface area contributed by atoms with E-state index in [-0.39, 0.29) is 11.8 Å². The summed E-state index contributed by atoms with van der Waals surface area (Å²) in [7, 11) is 0. The molecule has 18 heavy (non-hydrogen) atoms. The van der Waals surface area contributed by atoms with Crippen molar-refractivity contribution in [2.24, 2.45) is 5.92 Å². The molecule has 2 atom stereocenters. The largest absolute Gasteiger partial charge is 0.359 e. The second-order valence-corrected chi connectivity index (χ2v) is 5.56. The van der Waals surface area contributed by atoms with Crippen LogP contribution in [0.3, 0.4) is 0 Å². The summed E-state index contributed by atoms with van der Waals surface area (Å²) in [5.74, 6) is -0.0524. The Bertz CT molecular complexity index is 541. The van der Waals surface area contributed by atoms with Gasteiger partial charge in [-0.1, -0.05) is 41.1 Å². The minimum Gasteiger partial charge on any atom is -0.359 e. The number of ether oxygens (including phenoxy) is 1. The highest BCUT2D eigenvalue weighted by Crippen LogP contribution is 2.48. The molecule has 0 unspecified atom stereocenters. The SMILES string of the molecule is C[C@@H]1C=CCCO[C@]12C(=O)Nc1cccc(Br)c12. The van der Waals surface area contributed by atoms with Gasteiger partial charge < -0.3 is 10.1 Å². The molecule has 0 saturated carbocycles. The quantitative estimate of drug-likeness (QED) is 0.747. The molecule has 0 aliphatic carbocycles. The van der Waals surface area contributed by atoms with E-state index in [1.165, 1.54) is 0 Å². The Morgan fingerprint density at radius 1 is 1.50 bits per heavy atom. The zero-order valence-corrected chi connectivity index (χ0v) is 11.7. The van der Waals surface area contributed by atoms with Crippen LogP contribution in [0.4, 0.5) is 5.69 Å². The average molecular weight is 308 g/mol. The van der Waals surface area contributed by atoms with Gasteiger partial charge in [-0.25, -0.2) is 0 Å². The predicted octanol–water partition coefficient (Wildman–Crippen LogP) is 3.21. The molecule has 0 fully saturated rings. The summed E-state index contributed by atoms with van der Waals surface area (Å²) in [5, 5.41) is 2.93. The number of carbonyl (C=O) groups excluding carboxylic acids is 1. The van der Waals surface area contributed by atoms with E-state index in [1.54, 1.807) is 0 Å². The van der Waals surface area contributed by atoms with Gasteiger partial charge in [-0.15, -0.1) is 0 Å². The highest BCUT2D eigenvalue weighted by atomic mass is 79.9. The fourth-order valence-corrected chi connectivity index (χ4v) is 3.42. The van der Waals surface area contributed by atoms with E-state index in [1.807, 2.05) is 25.1 Å². The lowest BCUT2D eigenvalue weighted by molar-refractivity contribution is -0.146. The highest BCUT2D eigenvalue weighted by molar-refractivity contribution is 9.10. The molecule has 94 valence electrons. The van der Waals surface area contributed by atoms with Crippen LogP contribution in [0.25, 0.3) is 0 Å². The van der Waals surface area contributed by atoms with Crippen LogP contribution in [0.5, 0.6) is 0 Å². The van der Waals surface area contributed by atoms with Gasteiger partial charge in [0.1, 0.15) is 0 Å². The van der Waals surface area contributed by atoms with Gasteiger partial charge in [-0.05, 0) is 18.6 Å². The maximum atomic E-state index is 12.4. The van der Waals surface area contributed by atoms with E-state index in [0.29, 0.717) is 6.61 Å². The van der Waals surface area contributed by atoms with Gasteiger partial charge >= 0.3 is 0 Å². The lowest BCUT2D eigenvalue weighted by Crippen LogP contribution is -2.42. The zero-order chi connectivity index (χ0) is 12.8. The first-order valence-electron chi connectivity index (χ1n) is 6.07. The summed E-state index contributed by atoms with van der Waals surface area (Å²) in [6.07, 6.45) is 5.00. The number of halogens is 1. The van der Waals surface area contributed by atoms with Gasteiger partial charge in [0.05, 0.1) is 6.61 Å². The van der Waals surface area contributed by atoms with Crippen molar-refractivity contribution in [2.45, 2.75) is 18.9 Å². The van der Waals surface area contributed by atoms with Crippen molar-refractivity contribution in [3.05, 3.63) is 40.4 Å². The Hall–Kier alpha value is -1.13. The fourth-order valence-electron chi connectivity index (χ4n) is 2.76. The van der Waals surface area contributed by atoms with Crippen LogP contribution in [-0.2, 0) is 15.1 Å². The molecular formula is C14H14BrNO2. The Morgan fingerprint density at radius 3 is 3.17 bits per heavy atom. The summed E-state index contributed by atoms with van der Waals surface area (Å²) >= 11 is 3.54. The molecule has 0 bridgehead atoms. The van der Waals surface area contributed by atoms with E-state index in [4.69, 9.17) is 4.74 Å². The van der Waals surface area contributed by atoms with E-state index in [9.17, 15) is 4.79 Å². The molecule has 1 aromatic rings. The standard InChI is InChI=1S/C14H14BrNO2/c1-9-5-2-3-8-18-14(9)12-10(15)6-4-7-11(12)16-13(14)17/h2,4-7,9H,3,8H2,1H3,(H,16,17)/t9-,14-/m1/s1. The fraction of sp³-hybridized carbons (Fsp3) is 0.357. The number of carbonyl (C=O) groups is 1. The molecular weight excluding hydrogens is 294 g/mol. The zero-order valence-electron chi connectivity index (χ0n) is 10.1. The number of benzene rings is 1. The summed E-state index contributed by atoms with van der Waals surface area (Å²) in [4.78, 5) is 12.4. The third-order valence-electron chi connectivity index (χ3n) is 3.65. The van der Waals surface area contributed by atoms with E-state index < -0.39 is 5.60 Å². The lowest BCUT2D eigenvalue weighted by Gasteiger charge is -2.31. The van der Waals surface area contributed by atoms with Crippen LogP contribution >= 0.6 is 15.9 Å². The summed E-state index contributed by atoms with van der Waals surface area (Å²) in [6, 6.07) is 5.78. The number of hydrogen-bond donors (Lipinski definition) is 1. The van der Waals surface area contributed by atoms with Crippen LogP contribution in [0.1, 0.15) is 18.9 Å². The van der Waals surface area contributed by atoms with Crippen LogP contribution in [0.15, 0.2) is 34.8 Å². The van der Waals surface area contributed by atoms with Gasteiger partial charge in [0.25, 0.3) is 5.91 Å². The second-order valence-electron chi connectivity index (χ2n) is 4.71. The maximum absolute atomic E-state index is 12.4. The Labute approximate surface area is 114 Å². The first-order valence-corrected chi connectivity index (χ1v) is 6.86. The summed E-state index contributed by atoms with van der Waals surface area (Å²) in [5.41, 5.74) is 0.883. The van der Waals surface area contributed by atoms with Gasteiger partial charge in [0, 0.05) is 21.6 Å². The highest BCUT2D eigenvalue weighted by Gasteiger charge is 2.52. The molecule has 2 aliphatic rings. The predicted molar refractivity (Wildman–Crippen MR) is 73.3 cm³/mol. The molecule has 0 saturated heterocycles. The van der Waals surface area contributed by atoms with E-state index in [0.717, 1.165) is 22.1 Å². The summed E-state index contributed by atoms with van der Waals surface area (Å²) < 4.78 is 6.90. The molecule has 4 heteroatoms. The van der Waals surface area contributed by atoms with Gasteiger partial charge in [0.2, 0.25) is 0 Å². The maximum Gasteiger partial charge on any atom is 0.262 e. The average Bonchev–Trinajstić information content (AvgIpc) is 2.50. The van der Waals surface area contributed by atoms with Crippen LogP contribution < -0.4 is 5.32 Å². The Morgan fingerprint density at radius 2 is 2.33 bits per heavy atom. The lowest BCUT2D eigenvalue weighted by atomic mass is 9.83. The minimum atomic E-state index is -0.886. The molecule has 1 N–H and O–H groups in total. The number of amides is 1. The third-order valence-corrected chi connectivity index (χ3v) is 4.31. The van der Waals surface area contributed by atoms with Crippen molar-refractivity contribution in [3.8, 4) is 0 Å². The first-order chi connectivity index (χ1) is 8.66. The molecule has 2 aliphatic heterocycles. The molecule has 0 aromatic heterocycles. The monoisotopic (exact) mass is 307 g/mol. The van der Waals surface area contributed by atoms with E-state index >= 15 is 0 Å². The molecule has 1 aromatic carbocycles. The normalized spacial score (nSPS) is 30.1. The third kappa shape index (κ3) is 1.49. The van der Waals surface area contributed by atoms with Crippen molar-refractivity contribution in [1.82, 2.24) is 0 Å². The van der Waals surface area contributed by atoms with Crippen molar-refractivity contribution >= 4 is 27.5 Å². The van der Waals surface area contributed by atoms with Gasteiger partial charge in [-0.3, -0.25) is 4.79 Å². The minimum absolute atomic E-state index is 0.0138. The smallest absolute Gasteiger partial charge is 0.262 e. The van der Waals surface area contributed by atoms with Crippen LogP contribution in [0, 0.1) is 5.92 Å². The van der Waals surface area contributed by atoms with Crippen molar-refractivity contribution < 1.29 is 9.53 Å².